The van der Waals surface area contributed by atoms with Crippen LogP contribution in [0.25, 0.3) is 0 Å². The number of methoxy groups -OCH3 is 1. The Kier molecular flexibility index (Phi) is 7.13. The summed E-state index contributed by atoms with van der Waals surface area (Å²) in [5, 5.41) is 22.8. The molecule has 33 heavy (non-hydrogen) atoms. The van der Waals surface area contributed by atoms with Gasteiger partial charge in [0.05, 0.1) is 24.2 Å². The van der Waals surface area contributed by atoms with Gasteiger partial charge in [-0.1, -0.05) is 30.3 Å². The van der Waals surface area contributed by atoms with Crippen molar-refractivity contribution in [2.24, 2.45) is 16.8 Å². The SMILES string of the molecule is COC(=O)[C@H](CC1=C(O)Nc2ccccc2N1)/C(=N\NC(N)=O)C(=O)Nc1ccccc1C. The molecule has 7 N–H and O–H groups in total. The maximum atomic E-state index is 13.1. The standard InChI is InChI=1S/C22H24N6O5/c1-12-7-3-4-8-14(12)25-20(30)18(27-28-22(23)32)13(21(31)33-2)11-17-19(29)26-16-10-6-5-9-15(16)24-17/h3-10,13,24,26,29H,11H2,1-2H3,(H,25,30)(H3,23,28,32)/b27-18+/t13-/m1/s1. The third kappa shape index (κ3) is 5.58. The third-order valence-electron chi connectivity index (χ3n) is 4.89. The molecule has 11 heteroatoms. The van der Waals surface area contributed by atoms with Crippen LogP contribution in [0, 0.1) is 12.8 Å². The normalized spacial score (nSPS) is 13.7. The fourth-order valence-electron chi connectivity index (χ4n) is 3.21. The van der Waals surface area contributed by atoms with Gasteiger partial charge in [0.1, 0.15) is 11.6 Å². The Morgan fingerprint density at radius 2 is 1.73 bits per heavy atom. The zero-order chi connectivity index (χ0) is 24.0. The van der Waals surface area contributed by atoms with Crippen molar-refractivity contribution in [3.63, 3.8) is 0 Å². The van der Waals surface area contributed by atoms with Gasteiger partial charge in [-0.05, 0) is 30.7 Å². The summed E-state index contributed by atoms with van der Waals surface area (Å²) in [6, 6.07) is 13.1. The summed E-state index contributed by atoms with van der Waals surface area (Å²) in [7, 11) is 1.16. The van der Waals surface area contributed by atoms with Crippen molar-refractivity contribution < 1.29 is 24.2 Å². The minimum absolute atomic E-state index is 0.194. The number of para-hydroxylation sites is 3. The van der Waals surface area contributed by atoms with E-state index in [1.54, 1.807) is 55.5 Å². The number of amides is 3. The molecule has 2 aromatic rings. The van der Waals surface area contributed by atoms with Gasteiger partial charge in [0.2, 0.25) is 5.88 Å². The van der Waals surface area contributed by atoms with Crippen molar-refractivity contribution in [3.8, 4) is 0 Å². The number of nitrogens with one attached hydrogen (secondary N) is 4. The van der Waals surface area contributed by atoms with E-state index < -0.39 is 23.8 Å². The van der Waals surface area contributed by atoms with Crippen LogP contribution >= 0.6 is 0 Å². The number of nitrogens with zero attached hydrogens (tertiary/aromatic N) is 1. The van der Waals surface area contributed by atoms with Crippen LogP contribution in [0.3, 0.4) is 0 Å². The number of hydrazone groups is 1. The molecule has 0 unspecified atom stereocenters. The molecule has 1 aliphatic rings. The van der Waals surface area contributed by atoms with E-state index in [1.807, 2.05) is 5.43 Å². The smallest absolute Gasteiger partial charge is 0.332 e. The highest BCUT2D eigenvalue weighted by Crippen LogP contribution is 2.31. The lowest BCUT2D eigenvalue weighted by Crippen LogP contribution is -2.39. The summed E-state index contributed by atoms with van der Waals surface area (Å²) < 4.78 is 4.87. The molecule has 172 valence electrons. The lowest BCUT2D eigenvalue weighted by molar-refractivity contribution is -0.143. The molecule has 0 aliphatic carbocycles. The third-order valence-corrected chi connectivity index (χ3v) is 4.89. The van der Waals surface area contributed by atoms with E-state index >= 15 is 0 Å². The van der Waals surface area contributed by atoms with Gasteiger partial charge < -0.3 is 31.5 Å². The van der Waals surface area contributed by atoms with Crippen LogP contribution in [-0.2, 0) is 14.3 Å². The first-order valence-electron chi connectivity index (χ1n) is 9.93. The topological polar surface area (TPSA) is 167 Å². The number of carbonyl (C=O) groups excluding carboxylic acids is 3. The number of hydrogen-bond acceptors (Lipinski definition) is 8. The maximum Gasteiger partial charge on any atom is 0.332 e. The first kappa shape index (κ1) is 23.1. The minimum atomic E-state index is -1.29. The first-order chi connectivity index (χ1) is 15.8. The molecular formula is C22H24N6O5. The molecule has 3 rings (SSSR count). The molecule has 1 atom stereocenters. The number of hydrogen-bond donors (Lipinski definition) is 6. The summed E-state index contributed by atoms with van der Waals surface area (Å²) in [6.45, 7) is 1.80. The number of primary amides is 1. The lowest BCUT2D eigenvalue weighted by atomic mass is 9.95. The quantitative estimate of drug-likeness (QED) is 0.213. The van der Waals surface area contributed by atoms with Gasteiger partial charge in [-0.2, -0.15) is 5.10 Å². The summed E-state index contributed by atoms with van der Waals surface area (Å²) >= 11 is 0. The van der Waals surface area contributed by atoms with Crippen LogP contribution in [0.2, 0.25) is 0 Å². The number of aryl methyl sites for hydroxylation is 1. The second-order valence-electron chi connectivity index (χ2n) is 7.14. The molecule has 1 heterocycles. The van der Waals surface area contributed by atoms with Gasteiger partial charge in [0, 0.05) is 12.1 Å². The highest BCUT2D eigenvalue weighted by molar-refractivity contribution is 6.46. The van der Waals surface area contributed by atoms with Crippen LogP contribution in [0.15, 0.2) is 65.2 Å². The van der Waals surface area contributed by atoms with Gasteiger partial charge in [0.15, 0.2) is 0 Å². The molecule has 11 nitrogen and oxygen atoms in total. The van der Waals surface area contributed by atoms with E-state index in [2.05, 4.69) is 21.1 Å². The molecule has 1 aliphatic heterocycles. The van der Waals surface area contributed by atoms with Gasteiger partial charge >= 0.3 is 12.0 Å². The minimum Gasteiger partial charge on any atom is -0.493 e. The predicted molar refractivity (Wildman–Crippen MR) is 123 cm³/mol. The number of esters is 1. The average Bonchev–Trinajstić information content (AvgIpc) is 2.79. The van der Waals surface area contributed by atoms with E-state index in [4.69, 9.17) is 10.5 Å². The number of aliphatic hydroxyl groups is 1. The summed E-state index contributed by atoms with van der Waals surface area (Å²) in [4.78, 5) is 37.0. The van der Waals surface area contributed by atoms with Crippen molar-refractivity contribution in [2.75, 3.05) is 23.1 Å². The van der Waals surface area contributed by atoms with Crippen molar-refractivity contribution in [3.05, 3.63) is 65.7 Å². The number of carbonyl (C=O) groups is 3. The van der Waals surface area contributed by atoms with Crippen molar-refractivity contribution >= 4 is 40.7 Å². The number of rotatable bonds is 7. The first-order valence-corrected chi connectivity index (χ1v) is 9.93. The van der Waals surface area contributed by atoms with Crippen LogP contribution < -0.4 is 27.1 Å². The summed E-state index contributed by atoms with van der Waals surface area (Å²) in [6.07, 6.45) is -0.194. The van der Waals surface area contributed by atoms with Crippen molar-refractivity contribution in [1.29, 1.82) is 0 Å². The van der Waals surface area contributed by atoms with Crippen molar-refractivity contribution in [2.45, 2.75) is 13.3 Å². The molecule has 0 aromatic heterocycles. The number of ether oxygens (including phenoxy) is 1. The Morgan fingerprint density at radius 3 is 2.36 bits per heavy atom. The molecular weight excluding hydrogens is 428 g/mol. The van der Waals surface area contributed by atoms with Crippen LogP contribution in [0.4, 0.5) is 21.9 Å². The second kappa shape index (κ2) is 10.2. The van der Waals surface area contributed by atoms with E-state index in [0.717, 1.165) is 12.7 Å². The molecule has 0 saturated carbocycles. The summed E-state index contributed by atoms with van der Waals surface area (Å²) in [5.41, 5.74) is 9.53. The molecule has 0 bridgehead atoms. The lowest BCUT2D eigenvalue weighted by Gasteiger charge is -2.25. The Morgan fingerprint density at radius 1 is 1.09 bits per heavy atom. The summed E-state index contributed by atoms with van der Waals surface area (Å²) in [5.74, 6) is -3.08. The number of allylic oxidation sites excluding steroid dienone is 1. The van der Waals surface area contributed by atoms with E-state index in [0.29, 0.717) is 17.1 Å². The van der Waals surface area contributed by atoms with Gasteiger partial charge in [-0.3, -0.25) is 9.59 Å². The second-order valence-corrected chi connectivity index (χ2v) is 7.14. The van der Waals surface area contributed by atoms with E-state index in [1.165, 1.54) is 0 Å². The number of benzene rings is 2. The van der Waals surface area contributed by atoms with Gasteiger partial charge in [-0.15, -0.1) is 0 Å². The van der Waals surface area contributed by atoms with Crippen molar-refractivity contribution in [1.82, 2.24) is 5.43 Å². The molecule has 3 amide bonds. The zero-order valence-corrected chi connectivity index (χ0v) is 18.0. The average molecular weight is 452 g/mol. The van der Waals surface area contributed by atoms with E-state index in [-0.39, 0.29) is 23.7 Å². The monoisotopic (exact) mass is 452 g/mol. The zero-order valence-electron chi connectivity index (χ0n) is 18.0. The van der Waals surface area contributed by atoms with Crippen LogP contribution in [0.1, 0.15) is 12.0 Å². The fraction of sp³-hybridized carbons (Fsp3) is 0.182. The Labute approximate surface area is 189 Å². The maximum absolute atomic E-state index is 13.1. The highest BCUT2D eigenvalue weighted by Gasteiger charge is 2.34. The number of aliphatic hydroxyl groups excluding tert-OH is 1. The largest absolute Gasteiger partial charge is 0.493 e. The fourth-order valence-corrected chi connectivity index (χ4v) is 3.21. The Bertz CT molecular complexity index is 1140. The Balaban J connectivity index is 1.94. The van der Waals surface area contributed by atoms with Gasteiger partial charge in [0.25, 0.3) is 5.91 Å². The predicted octanol–water partition coefficient (Wildman–Crippen LogP) is 2.40. The van der Waals surface area contributed by atoms with E-state index in [9.17, 15) is 19.5 Å². The molecule has 0 fully saturated rings. The molecule has 2 aromatic carbocycles. The number of urea groups is 1. The Hall–Kier alpha value is -4.54. The number of nitrogens with two attached hydrogens (primary N) is 1. The molecule has 0 spiro atoms. The number of anilines is 3. The number of fused-ring (bicyclic) bond motifs is 1. The van der Waals surface area contributed by atoms with Crippen LogP contribution in [-0.4, -0.2) is 35.8 Å². The highest BCUT2D eigenvalue weighted by atomic mass is 16.5. The molecule has 0 radical (unpaired) electrons. The van der Waals surface area contributed by atoms with Gasteiger partial charge in [-0.25, -0.2) is 10.2 Å². The molecule has 0 saturated heterocycles. The van der Waals surface area contributed by atoms with Crippen LogP contribution in [0.5, 0.6) is 0 Å².